The number of fused-ring (bicyclic) bond motifs is 1. The van der Waals surface area contributed by atoms with E-state index >= 15 is 0 Å². The van der Waals surface area contributed by atoms with Gasteiger partial charge in [0.05, 0.1) is 11.8 Å². The molecule has 148 valence electrons. The molecule has 2 aliphatic rings. The van der Waals surface area contributed by atoms with E-state index in [0.717, 1.165) is 36.2 Å². The Morgan fingerprint density at radius 3 is 2.66 bits per heavy atom. The minimum absolute atomic E-state index is 0.141. The Kier molecular flexibility index (Phi) is 4.87. The zero-order valence-corrected chi connectivity index (χ0v) is 17.3. The maximum atomic E-state index is 13.2. The fraction of sp³-hybridized carbons (Fsp3) is 0.348. The average Bonchev–Trinajstić information content (AvgIpc) is 3.39. The van der Waals surface area contributed by atoms with Gasteiger partial charge < -0.3 is 9.47 Å². The molecular weight excluding hydrogens is 380 g/mol. The maximum absolute atomic E-state index is 13.2. The van der Waals surface area contributed by atoms with Crippen LogP contribution >= 0.6 is 11.8 Å². The van der Waals surface area contributed by atoms with Crippen LogP contribution in [0.25, 0.3) is 0 Å². The molecule has 0 N–H and O–H groups in total. The van der Waals surface area contributed by atoms with Gasteiger partial charge in [-0.25, -0.2) is 0 Å². The number of amides is 1. The number of thioether (sulfide) groups is 1. The predicted octanol–water partition coefficient (Wildman–Crippen LogP) is 4.27. The molecule has 1 aliphatic carbocycles. The van der Waals surface area contributed by atoms with Gasteiger partial charge in [-0.05, 0) is 43.4 Å². The molecule has 3 aromatic rings. The third-order valence-electron chi connectivity index (χ3n) is 5.65. The largest absolute Gasteiger partial charge is 0.311 e. The van der Waals surface area contributed by atoms with Crippen molar-refractivity contribution in [1.82, 2.24) is 14.8 Å². The predicted molar refractivity (Wildman–Crippen MR) is 115 cm³/mol. The summed E-state index contributed by atoms with van der Waals surface area (Å²) < 4.78 is 2.21. The highest BCUT2D eigenvalue weighted by Crippen LogP contribution is 2.41. The number of nitrogens with zero attached hydrogens (tertiary/aromatic N) is 4. The Balaban J connectivity index is 1.37. The topological polar surface area (TPSA) is 51.0 Å². The Labute approximate surface area is 175 Å². The van der Waals surface area contributed by atoms with Crippen LogP contribution in [0.4, 0.5) is 5.69 Å². The second-order valence-corrected chi connectivity index (χ2v) is 9.12. The SMILES string of the molecule is C[C@H](Sc1nnc(C2CC2)n1Cc1ccccc1)C(=O)N1CCc2ccccc21. The molecule has 1 atom stereocenters. The number of hydrogen-bond acceptors (Lipinski definition) is 4. The van der Waals surface area contributed by atoms with Crippen molar-refractivity contribution in [3.63, 3.8) is 0 Å². The Bertz CT molecular complexity index is 1030. The Morgan fingerprint density at radius 1 is 1.10 bits per heavy atom. The van der Waals surface area contributed by atoms with Crippen LogP contribution in [0.5, 0.6) is 0 Å². The Morgan fingerprint density at radius 2 is 1.86 bits per heavy atom. The van der Waals surface area contributed by atoms with Crippen molar-refractivity contribution in [2.45, 2.75) is 49.1 Å². The Hall–Kier alpha value is -2.60. The quantitative estimate of drug-likeness (QED) is 0.576. The van der Waals surface area contributed by atoms with Crippen molar-refractivity contribution >= 4 is 23.4 Å². The summed E-state index contributed by atoms with van der Waals surface area (Å²) in [6.45, 7) is 3.48. The molecule has 6 heteroatoms. The first-order chi connectivity index (χ1) is 14.2. The molecule has 0 bridgehead atoms. The van der Waals surface area contributed by atoms with Gasteiger partial charge >= 0.3 is 0 Å². The monoisotopic (exact) mass is 404 g/mol. The first-order valence-corrected chi connectivity index (χ1v) is 11.1. The summed E-state index contributed by atoms with van der Waals surface area (Å²) in [5.74, 6) is 1.71. The van der Waals surface area contributed by atoms with Gasteiger partial charge in [0.15, 0.2) is 5.16 Å². The highest BCUT2D eigenvalue weighted by Gasteiger charge is 2.33. The third-order valence-corrected chi connectivity index (χ3v) is 6.72. The molecule has 29 heavy (non-hydrogen) atoms. The minimum atomic E-state index is -0.216. The number of benzene rings is 2. The van der Waals surface area contributed by atoms with Gasteiger partial charge in [0.2, 0.25) is 5.91 Å². The van der Waals surface area contributed by atoms with Gasteiger partial charge in [-0.1, -0.05) is 60.3 Å². The van der Waals surface area contributed by atoms with E-state index in [4.69, 9.17) is 0 Å². The van der Waals surface area contributed by atoms with E-state index in [1.165, 1.54) is 35.7 Å². The van der Waals surface area contributed by atoms with Crippen LogP contribution in [0.2, 0.25) is 0 Å². The van der Waals surface area contributed by atoms with Crippen molar-refractivity contribution in [3.05, 3.63) is 71.5 Å². The van der Waals surface area contributed by atoms with Crippen molar-refractivity contribution in [2.24, 2.45) is 0 Å². The molecule has 0 saturated heterocycles. The molecule has 1 saturated carbocycles. The van der Waals surface area contributed by atoms with E-state index in [-0.39, 0.29) is 11.2 Å². The second kappa shape index (κ2) is 7.67. The third kappa shape index (κ3) is 3.69. The molecule has 1 aromatic heterocycles. The van der Waals surface area contributed by atoms with E-state index in [1.54, 1.807) is 0 Å². The number of carbonyl (C=O) groups is 1. The van der Waals surface area contributed by atoms with Gasteiger partial charge in [-0.3, -0.25) is 4.79 Å². The van der Waals surface area contributed by atoms with Crippen LogP contribution in [-0.4, -0.2) is 32.5 Å². The van der Waals surface area contributed by atoms with E-state index < -0.39 is 0 Å². The fourth-order valence-corrected chi connectivity index (χ4v) is 4.86. The minimum Gasteiger partial charge on any atom is -0.311 e. The average molecular weight is 405 g/mol. The number of carbonyl (C=O) groups excluding carboxylic acids is 1. The number of anilines is 1. The highest BCUT2D eigenvalue weighted by atomic mass is 32.2. The van der Waals surface area contributed by atoms with Crippen LogP contribution in [0.3, 0.4) is 0 Å². The number of hydrogen-bond donors (Lipinski definition) is 0. The van der Waals surface area contributed by atoms with E-state index in [9.17, 15) is 4.79 Å². The lowest BCUT2D eigenvalue weighted by molar-refractivity contribution is -0.117. The second-order valence-electron chi connectivity index (χ2n) is 7.82. The maximum Gasteiger partial charge on any atom is 0.240 e. The molecule has 2 heterocycles. The lowest BCUT2D eigenvalue weighted by Crippen LogP contribution is -2.35. The molecule has 1 fully saturated rings. The molecule has 5 rings (SSSR count). The summed E-state index contributed by atoms with van der Waals surface area (Å²) in [4.78, 5) is 15.1. The van der Waals surface area contributed by atoms with Crippen molar-refractivity contribution in [2.75, 3.05) is 11.4 Å². The molecule has 1 aliphatic heterocycles. The van der Waals surface area contributed by atoms with Crippen LogP contribution < -0.4 is 4.90 Å². The van der Waals surface area contributed by atoms with Crippen LogP contribution in [0.15, 0.2) is 59.8 Å². The normalized spacial score (nSPS) is 16.7. The van der Waals surface area contributed by atoms with E-state index in [0.29, 0.717) is 5.92 Å². The summed E-state index contributed by atoms with van der Waals surface area (Å²) in [7, 11) is 0. The standard InChI is InChI=1S/C23H24N4OS/c1-16(22(28)26-14-13-18-9-5-6-10-20(18)26)29-23-25-24-21(19-11-12-19)27(23)15-17-7-3-2-4-8-17/h2-10,16,19H,11-15H2,1H3/t16-/m0/s1. The number of aromatic nitrogens is 3. The van der Waals surface area contributed by atoms with Gasteiger partial charge in [0.1, 0.15) is 5.82 Å². The summed E-state index contributed by atoms with van der Waals surface area (Å²) in [5.41, 5.74) is 3.53. The van der Waals surface area contributed by atoms with Crippen LogP contribution in [-0.2, 0) is 17.8 Å². The smallest absolute Gasteiger partial charge is 0.240 e. The summed E-state index contributed by atoms with van der Waals surface area (Å²) >= 11 is 1.52. The molecular formula is C23H24N4OS. The van der Waals surface area contributed by atoms with Gasteiger partial charge in [-0.2, -0.15) is 0 Å². The summed E-state index contributed by atoms with van der Waals surface area (Å²) in [6.07, 6.45) is 3.28. The molecule has 5 nitrogen and oxygen atoms in total. The van der Waals surface area contributed by atoms with Gasteiger partial charge in [0, 0.05) is 18.2 Å². The van der Waals surface area contributed by atoms with Crippen LogP contribution in [0.1, 0.15) is 42.6 Å². The zero-order valence-electron chi connectivity index (χ0n) is 16.5. The lowest BCUT2D eigenvalue weighted by Gasteiger charge is -2.21. The van der Waals surface area contributed by atoms with E-state index in [2.05, 4.69) is 45.1 Å². The zero-order chi connectivity index (χ0) is 19.8. The highest BCUT2D eigenvalue weighted by molar-refractivity contribution is 8.00. The number of para-hydroxylation sites is 1. The summed E-state index contributed by atoms with van der Waals surface area (Å²) in [6, 6.07) is 18.6. The molecule has 2 aromatic carbocycles. The lowest BCUT2D eigenvalue weighted by atomic mass is 10.2. The first kappa shape index (κ1) is 18.4. The fourth-order valence-electron chi connectivity index (χ4n) is 3.94. The van der Waals surface area contributed by atoms with Crippen molar-refractivity contribution in [1.29, 1.82) is 0 Å². The summed E-state index contributed by atoms with van der Waals surface area (Å²) in [5, 5.41) is 9.58. The van der Waals surface area contributed by atoms with Gasteiger partial charge in [-0.15, -0.1) is 10.2 Å². The number of rotatable bonds is 6. The molecule has 0 unspecified atom stereocenters. The van der Waals surface area contributed by atoms with Gasteiger partial charge in [0.25, 0.3) is 0 Å². The van der Waals surface area contributed by atoms with Crippen molar-refractivity contribution in [3.8, 4) is 0 Å². The first-order valence-electron chi connectivity index (χ1n) is 10.2. The molecule has 1 amide bonds. The van der Waals surface area contributed by atoms with Crippen LogP contribution in [0, 0.1) is 0 Å². The van der Waals surface area contributed by atoms with E-state index in [1.807, 2.05) is 36.1 Å². The molecule has 0 radical (unpaired) electrons. The van der Waals surface area contributed by atoms with Crippen molar-refractivity contribution < 1.29 is 4.79 Å². The molecule has 0 spiro atoms.